The normalized spacial score (nSPS) is 17.6. The van der Waals surface area contributed by atoms with Crippen molar-refractivity contribution in [1.29, 1.82) is 0 Å². The summed E-state index contributed by atoms with van der Waals surface area (Å²) in [5, 5.41) is 0. The van der Waals surface area contributed by atoms with E-state index in [1.165, 1.54) is 61.2 Å². The summed E-state index contributed by atoms with van der Waals surface area (Å²) in [6.45, 7) is 16.2. The predicted molar refractivity (Wildman–Crippen MR) is 149 cm³/mol. The summed E-state index contributed by atoms with van der Waals surface area (Å²) < 4.78 is 0. The summed E-state index contributed by atoms with van der Waals surface area (Å²) in [6.07, 6.45) is 5.98. The highest BCUT2D eigenvalue weighted by Crippen LogP contribution is 2.49. The average molecular weight is 447 g/mol. The molecule has 0 saturated heterocycles. The van der Waals surface area contributed by atoms with Gasteiger partial charge in [-0.05, 0) is 88.1 Å². The van der Waals surface area contributed by atoms with Gasteiger partial charge < -0.3 is 0 Å². The molecule has 2 aliphatic carbocycles. The maximum absolute atomic E-state index is 2.47. The molecule has 0 aromatic heterocycles. The van der Waals surface area contributed by atoms with Crippen LogP contribution in [0.25, 0.3) is 23.3 Å². The van der Waals surface area contributed by atoms with Crippen molar-refractivity contribution in [2.75, 3.05) is 0 Å². The van der Waals surface area contributed by atoms with Crippen LogP contribution in [0.3, 0.4) is 0 Å². The number of benzene rings is 3. The van der Waals surface area contributed by atoms with Gasteiger partial charge >= 0.3 is 0 Å². The Morgan fingerprint density at radius 1 is 0.735 bits per heavy atom. The van der Waals surface area contributed by atoms with Crippen molar-refractivity contribution in [2.45, 2.75) is 78.6 Å². The maximum Gasteiger partial charge on any atom is 0.0121 e. The highest BCUT2D eigenvalue weighted by Gasteiger charge is 2.32. The molecule has 174 valence electrons. The molecule has 3 aromatic carbocycles. The maximum atomic E-state index is 2.47. The molecule has 0 radical (unpaired) electrons. The van der Waals surface area contributed by atoms with Crippen LogP contribution in [-0.4, -0.2) is 0 Å². The topological polar surface area (TPSA) is 0 Å². The zero-order valence-corrected chi connectivity index (χ0v) is 21.9. The van der Waals surface area contributed by atoms with Crippen LogP contribution in [0.4, 0.5) is 0 Å². The van der Waals surface area contributed by atoms with Gasteiger partial charge in [0.15, 0.2) is 0 Å². The van der Waals surface area contributed by atoms with E-state index in [1.54, 1.807) is 0 Å². The minimum Gasteiger partial charge on any atom is -0.0683 e. The van der Waals surface area contributed by atoms with E-state index in [2.05, 4.69) is 115 Å². The van der Waals surface area contributed by atoms with Gasteiger partial charge in [0.25, 0.3) is 0 Å². The van der Waals surface area contributed by atoms with Crippen LogP contribution >= 0.6 is 0 Å². The van der Waals surface area contributed by atoms with Gasteiger partial charge in [-0.15, -0.1) is 0 Å². The summed E-state index contributed by atoms with van der Waals surface area (Å²) in [6, 6.07) is 21.1. The van der Waals surface area contributed by atoms with Crippen molar-refractivity contribution >= 4 is 12.2 Å². The Labute approximate surface area is 206 Å². The number of hydrogen-bond acceptors (Lipinski definition) is 0. The second kappa shape index (κ2) is 8.73. The molecule has 0 spiro atoms. The van der Waals surface area contributed by atoms with Crippen molar-refractivity contribution in [3.05, 3.63) is 105 Å². The summed E-state index contributed by atoms with van der Waals surface area (Å²) in [7, 11) is 0. The standard InChI is InChI=1S/C34H38/c1-20(2)26-17-27(21(3)4)19-28(18-26)30-12-9-13-31-33(30)16-23(6)34(31)24(7)29-11-8-10-25-14-22(5)15-32(25)29/h8-13,15-21,24,34H,14H2,1-7H3. The minimum atomic E-state index is 0.425. The molecule has 2 atom stereocenters. The second-order valence-electron chi connectivity index (χ2n) is 11.2. The van der Waals surface area contributed by atoms with E-state index in [-0.39, 0.29) is 0 Å². The lowest BCUT2D eigenvalue weighted by molar-refractivity contribution is 0.655. The first kappa shape index (κ1) is 22.9. The number of hydrogen-bond donors (Lipinski definition) is 0. The van der Waals surface area contributed by atoms with Crippen LogP contribution in [0.2, 0.25) is 0 Å². The fraction of sp³-hybridized carbons (Fsp3) is 0.353. The quantitative estimate of drug-likeness (QED) is 0.366. The van der Waals surface area contributed by atoms with Gasteiger partial charge in [0.05, 0.1) is 0 Å². The summed E-state index contributed by atoms with van der Waals surface area (Å²) in [5.41, 5.74) is 15.9. The molecule has 2 unspecified atom stereocenters. The molecule has 0 saturated carbocycles. The van der Waals surface area contributed by atoms with Crippen molar-refractivity contribution in [3.8, 4) is 11.1 Å². The van der Waals surface area contributed by atoms with Crippen molar-refractivity contribution < 1.29 is 0 Å². The fourth-order valence-electron chi connectivity index (χ4n) is 6.13. The molecule has 0 amide bonds. The molecule has 0 nitrogen and oxygen atoms in total. The first-order chi connectivity index (χ1) is 16.2. The van der Waals surface area contributed by atoms with Crippen LogP contribution in [0.15, 0.2) is 65.7 Å². The molecule has 0 N–H and O–H groups in total. The Morgan fingerprint density at radius 2 is 1.41 bits per heavy atom. The lowest BCUT2D eigenvalue weighted by Gasteiger charge is -2.25. The summed E-state index contributed by atoms with van der Waals surface area (Å²) >= 11 is 0. The first-order valence-electron chi connectivity index (χ1n) is 13.0. The van der Waals surface area contributed by atoms with Gasteiger partial charge in [-0.25, -0.2) is 0 Å². The predicted octanol–water partition coefficient (Wildman–Crippen LogP) is 9.86. The van der Waals surface area contributed by atoms with Gasteiger partial charge in [-0.2, -0.15) is 0 Å². The lowest BCUT2D eigenvalue weighted by Crippen LogP contribution is -2.09. The van der Waals surface area contributed by atoms with Crippen molar-refractivity contribution in [3.63, 3.8) is 0 Å². The molecule has 0 bridgehead atoms. The summed E-state index contributed by atoms with van der Waals surface area (Å²) in [5.74, 6) is 1.92. The molecule has 5 rings (SSSR count). The van der Waals surface area contributed by atoms with Crippen molar-refractivity contribution in [2.24, 2.45) is 0 Å². The van der Waals surface area contributed by atoms with Crippen LogP contribution in [0.1, 0.15) is 111 Å². The fourth-order valence-corrected chi connectivity index (χ4v) is 6.13. The third kappa shape index (κ3) is 3.88. The molecule has 2 aliphatic rings. The van der Waals surface area contributed by atoms with E-state index in [9.17, 15) is 0 Å². The third-order valence-electron chi connectivity index (χ3n) is 8.04. The molecule has 34 heavy (non-hydrogen) atoms. The van der Waals surface area contributed by atoms with E-state index in [4.69, 9.17) is 0 Å². The number of fused-ring (bicyclic) bond motifs is 2. The van der Waals surface area contributed by atoms with E-state index < -0.39 is 0 Å². The SMILES string of the molecule is CC1=Cc2c(cccc2C(C)C2C(C)=Cc3c(-c4cc(C(C)C)cc(C(C)C)c4)cccc32)C1. The zero-order chi connectivity index (χ0) is 24.1. The molecule has 0 heteroatoms. The number of allylic oxidation sites excluding steroid dienone is 2. The van der Waals surface area contributed by atoms with E-state index in [0.29, 0.717) is 23.7 Å². The van der Waals surface area contributed by atoms with Crippen LogP contribution in [-0.2, 0) is 6.42 Å². The molecule has 0 fully saturated rings. The van der Waals surface area contributed by atoms with Gasteiger partial charge in [0, 0.05) is 5.92 Å². The highest BCUT2D eigenvalue weighted by molar-refractivity contribution is 5.83. The largest absolute Gasteiger partial charge is 0.0683 e. The Morgan fingerprint density at radius 3 is 2.09 bits per heavy atom. The first-order valence-corrected chi connectivity index (χ1v) is 13.0. The van der Waals surface area contributed by atoms with Crippen molar-refractivity contribution in [1.82, 2.24) is 0 Å². The third-order valence-corrected chi connectivity index (χ3v) is 8.04. The van der Waals surface area contributed by atoms with Crippen LogP contribution in [0, 0.1) is 0 Å². The average Bonchev–Trinajstić information content (AvgIpc) is 3.35. The van der Waals surface area contributed by atoms with E-state index in [0.717, 1.165) is 6.42 Å². The van der Waals surface area contributed by atoms with Gasteiger partial charge in [-0.1, -0.05) is 113 Å². The number of rotatable bonds is 5. The molecular weight excluding hydrogens is 408 g/mol. The molecule has 0 aliphatic heterocycles. The smallest absolute Gasteiger partial charge is 0.0121 e. The molecule has 0 heterocycles. The second-order valence-corrected chi connectivity index (χ2v) is 11.2. The highest BCUT2D eigenvalue weighted by atomic mass is 14.4. The van der Waals surface area contributed by atoms with Gasteiger partial charge in [0.2, 0.25) is 0 Å². The van der Waals surface area contributed by atoms with Crippen LogP contribution < -0.4 is 0 Å². The van der Waals surface area contributed by atoms with Crippen LogP contribution in [0.5, 0.6) is 0 Å². The Balaban J connectivity index is 1.61. The lowest BCUT2D eigenvalue weighted by atomic mass is 9.78. The zero-order valence-electron chi connectivity index (χ0n) is 21.9. The van der Waals surface area contributed by atoms with Gasteiger partial charge in [-0.3, -0.25) is 0 Å². The summed E-state index contributed by atoms with van der Waals surface area (Å²) in [4.78, 5) is 0. The minimum absolute atomic E-state index is 0.425. The molecule has 3 aromatic rings. The molecular formula is C34H38. The Bertz CT molecular complexity index is 1290. The Kier molecular flexibility index (Phi) is 5.88. The van der Waals surface area contributed by atoms with E-state index in [1.807, 2.05) is 0 Å². The monoisotopic (exact) mass is 446 g/mol. The van der Waals surface area contributed by atoms with Gasteiger partial charge in [0.1, 0.15) is 0 Å². The Hall–Kier alpha value is -2.86. The van der Waals surface area contributed by atoms with E-state index >= 15 is 0 Å².